The Bertz CT molecular complexity index is 905. The van der Waals surface area contributed by atoms with Crippen molar-refractivity contribution in [3.63, 3.8) is 0 Å². The Morgan fingerprint density at radius 3 is 2.83 bits per heavy atom. The SMILES string of the molecule is N#Cc1ccc2ncnc(NCCc3ccc(Br)cc3F)c2c1. The number of nitriles is 1. The van der Waals surface area contributed by atoms with Gasteiger partial charge in [0.15, 0.2) is 0 Å². The number of benzene rings is 2. The maximum Gasteiger partial charge on any atom is 0.137 e. The highest BCUT2D eigenvalue weighted by atomic mass is 79.9. The van der Waals surface area contributed by atoms with Gasteiger partial charge in [0.25, 0.3) is 0 Å². The van der Waals surface area contributed by atoms with Crippen molar-refractivity contribution in [2.45, 2.75) is 6.42 Å². The third-order valence-corrected chi connectivity index (χ3v) is 3.96. The predicted octanol–water partition coefficient (Wildman–Crippen LogP) is 4.06. The van der Waals surface area contributed by atoms with Crippen LogP contribution in [0.5, 0.6) is 0 Å². The summed E-state index contributed by atoms with van der Waals surface area (Å²) in [5.74, 6) is 0.408. The van der Waals surface area contributed by atoms with Crippen LogP contribution in [0.2, 0.25) is 0 Å². The molecule has 1 heterocycles. The normalized spacial score (nSPS) is 10.5. The number of nitrogens with one attached hydrogen (secondary N) is 1. The van der Waals surface area contributed by atoms with Crippen LogP contribution in [0.1, 0.15) is 11.1 Å². The number of hydrogen-bond acceptors (Lipinski definition) is 4. The van der Waals surface area contributed by atoms with Crippen molar-refractivity contribution < 1.29 is 4.39 Å². The fourth-order valence-electron chi connectivity index (χ4n) is 2.31. The fraction of sp³-hybridized carbons (Fsp3) is 0.118. The second-order valence-corrected chi connectivity index (χ2v) is 5.89. The number of rotatable bonds is 4. The van der Waals surface area contributed by atoms with Gasteiger partial charge in [0, 0.05) is 16.4 Å². The second kappa shape index (κ2) is 6.71. The Balaban J connectivity index is 1.78. The minimum atomic E-state index is -0.236. The quantitative estimate of drug-likeness (QED) is 0.752. The molecule has 23 heavy (non-hydrogen) atoms. The Morgan fingerprint density at radius 2 is 2.04 bits per heavy atom. The highest BCUT2D eigenvalue weighted by Gasteiger charge is 2.06. The van der Waals surface area contributed by atoms with Gasteiger partial charge >= 0.3 is 0 Å². The lowest BCUT2D eigenvalue weighted by Gasteiger charge is -2.09. The zero-order valence-corrected chi connectivity index (χ0v) is 13.6. The first-order chi connectivity index (χ1) is 11.2. The third-order valence-electron chi connectivity index (χ3n) is 3.47. The number of halogens is 2. The molecule has 6 heteroatoms. The highest BCUT2D eigenvalue weighted by Crippen LogP contribution is 2.21. The molecule has 0 saturated carbocycles. The van der Waals surface area contributed by atoms with E-state index in [0.29, 0.717) is 29.9 Å². The van der Waals surface area contributed by atoms with Crippen molar-refractivity contribution >= 4 is 32.7 Å². The van der Waals surface area contributed by atoms with Crippen molar-refractivity contribution in [3.05, 3.63) is 64.1 Å². The highest BCUT2D eigenvalue weighted by molar-refractivity contribution is 9.10. The molecule has 0 spiro atoms. The molecule has 3 rings (SSSR count). The summed E-state index contributed by atoms with van der Waals surface area (Å²) in [7, 11) is 0. The largest absolute Gasteiger partial charge is 0.369 e. The van der Waals surface area contributed by atoms with Gasteiger partial charge in [-0.15, -0.1) is 0 Å². The van der Waals surface area contributed by atoms with Crippen molar-refractivity contribution in [2.75, 3.05) is 11.9 Å². The number of anilines is 1. The Morgan fingerprint density at radius 1 is 1.17 bits per heavy atom. The summed E-state index contributed by atoms with van der Waals surface area (Å²) in [6.45, 7) is 0.529. The summed E-state index contributed by atoms with van der Waals surface area (Å²) in [6.07, 6.45) is 2.00. The zero-order chi connectivity index (χ0) is 16.2. The summed E-state index contributed by atoms with van der Waals surface area (Å²) >= 11 is 3.24. The minimum absolute atomic E-state index is 0.236. The van der Waals surface area contributed by atoms with E-state index < -0.39 is 0 Å². The van der Waals surface area contributed by atoms with Crippen LogP contribution < -0.4 is 5.32 Å². The smallest absolute Gasteiger partial charge is 0.137 e. The van der Waals surface area contributed by atoms with E-state index in [9.17, 15) is 4.39 Å². The molecule has 2 aromatic carbocycles. The van der Waals surface area contributed by atoms with Gasteiger partial charge in [0.2, 0.25) is 0 Å². The molecule has 0 aliphatic carbocycles. The van der Waals surface area contributed by atoms with E-state index in [-0.39, 0.29) is 5.82 Å². The Labute approximate surface area is 141 Å². The average Bonchev–Trinajstić information content (AvgIpc) is 2.56. The monoisotopic (exact) mass is 370 g/mol. The molecule has 0 saturated heterocycles. The van der Waals surface area contributed by atoms with Crippen LogP contribution in [0, 0.1) is 17.1 Å². The molecule has 0 unspecified atom stereocenters. The first-order valence-corrected chi connectivity index (χ1v) is 7.79. The van der Waals surface area contributed by atoms with Crippen molar-refractivity contribution in [1.82, 2.24) is 9.97 Å². The first kappa shape index (κ1) is 15.4. The van der Waals surface area contributed by atoms with Gasteiger partial charge in [-0.3, -0.25) is 0 Å². The maximum atomic E-state index is 13.8. The molecule has 1 aromatic heterocycles. The molecule has 0 aliphatic heterocycles. The van der Waals surface area contributed by atoms with Crippen molar-refractivity contribution in [3.8, 4) is 6.07 Å². The van der Waals surface area contributed by atoms with Gasteiger partial charge in [-0.25, -0.2) is 14.4 Å². The molecular formula is C17H12BrFN4. The summed E-state index contributed by atoms with van der Waals surface area (Å²) in [6, 6.07) is 12.4. The third kappa shape index (κ3) is 3.46. The van der Waals surface area contributed by atoms with Gasteiger partial charge in [-0.1, -0.05) is 22.0 Å². The van der Waals surface area contributed by atoms with Crippen LogP contribution in [0.25, 0.3) is 10.9 Å². The van der Waals surface area contributed by atoms with Crippen molar-refractivity contribution in [1.29, 1.82) is 5.26 Å². The van der Waals surface area contributed by atoms with Gasteiger partial charge in [-0.05, 0) is 42.3 Å². The van der Waals surface area contributed by atoms with Crippen LogP contribution in [-0.2, 0) is 6.42 Å². The molecule has 0 bridgehead atoms. The van der Waals surface area contributed by atoms with E-state index in [2.05, 4.69) is 37.3 Å². The fourth-order valence-corrected chi connectivity index (χ4v) is 2.64. The van der Waals surface area contributed by atoms with Crippen LogP contribution in [0.4, 0.5) is 10.2 Å². The topological polar surface area (TPSA) is 61.6 Å². The molecule has 0 atom stereocenters. The minimum Gasteiger partial charge on any atom is -0.369 e. The standard InChI is InChI=1S/C17H12BrFN4/c18-13-3-2-12(15(19)8-13)5-6-21-17-14-7-11(9-20)1-4-16(14)22-10-23-17/h1-4,7-8,10H,5-6H2,(H,21,22,23). The number of nitrogens with zero attached hydrogens (tertiary/aromatic N) is 3. The lowest BCUT2D eigenvalue weighted by Crippen LogP contribution is -2.08. The van der Waals surface area contributed by atoms with E-state index in [4.69, 9.17) is 5.26 Å². The molecule has 0 radical (unpaired) electrons. The van der Waals surface area contributed by atoms with Crippen LogP contribution in [0.3, 0.4) is 0 Å². The Kier molecular flexibility index (Phi) is 4.49. The van der Waals surface area contributed by atoms with E-state index >= 15 is 0 Å². The molecule has 1 N–H and O–H groups in total. The zero-order valence-electron chi connectivity index (χ0n) is 12.1. The predicted molar refractivity (Wildman–Crippen MR) is 90.5 cm³/mol. The van der Waals surface area contributed by atoms with Crippen LogP contribution in [0.15, 0.2) is 47.2 Å². The van der Waals surface area contributed by atoms with Gasteiger partial charge in [0.1, 0.15) is 18.0 Å². The number of fused-ring (bicyclic) bond motifs is 1. The van der Waals surface area contributed by atoms with Gasteiger partial charge in [0.05, 0.1) is 17.1 Å². The summed E-state index contributed by atoms with van der Waals surface area (Å²) in [5.41, 5.74) is 1.95. The molecule has 114 valence electrons. The lowest BCUT2D eigenvalue weighted by atomic mass is 10.1. The first-order valence-electron chi connectivity index (χ1n) is 7.00. The molecule has 4 nitrogen and oxygen atoms in total. The number of aromatic nitrogens is 2. The lowest BCUT2D eigenvalue weighted by molar-refractivity contribution is 0.609. The van der Waals surface area contributed by atoms with Crippen LogP contribution in [-0.4, -0.2) is 16.5 Å². The van der Waals surface area contributed by atoms with Crippen LogP contribution >= 0.6 is 15.9 Å². The molecule has 0 amide bonds. The van der Waals surface area contributed by atoms with E-state index in [1.54, 1.807) is 24.3 Å². The molecule has 0 fully saturated rings. The summed E-state index contributed by atoms with van der Waals surface area (Å²) < 4.78 is 14.5. The summed E-state index contributed by atoms with van der Waals surface area (Å²) in [5, 5.41) is 13.0. The molecule has 3 aromatic rings. The van der Waals surface area contributed by atoms with E-state index in [1.807, 2.05) is 6.07 Å². The molecular weight excluding hydrogens is 359 g/mol. The summed E-state index contributed by atoms with van der Waals surface area (Å²) in [4.78, 5) is 8.40. The Hall–Kier alpha value is -2.52. The van der Waals surface area contributed by atoms with E-state index in [0.717, 1.165) is 15.4 Å². The van der Waals surface area contributed by atoms with Gasteiger partial charge < -0.3 is 5.32 Å². The average molecular weight is 371 g/mol. The maximum absolute atomic E-state index is 13.8. The number of hydrogen-bond donors (Lipinski definition) is 1. The molecule has 0 aliphatic rings. The van der Waals surface area contributed by atoms with Crippen molar-refractivity contribution in [2.24, 2.45) is 0 Å². The second-order valence-electron chi connectivity index (χ2n) is 4.98. The van der Waals surface area contributed by atoms with E-state index in [1.165, 1.54) is 12.4 Å². The van der Waals surface area contributed by atoms with Gasteiger partial charge in [-0.2, -0.15) is 5.26 Å².